The highest BCUT2D eigenvalue weighted by Crippen LogP contribution is 2.36. The second kappa shape index (κ2) is 6.15. The van der Waals surface area contributed by atoms with Gasteiger partial charge in [0.2, 0.25) is 0 Å². The van der Waals surface area contributed by atoms with Crippen molar-refractivity contribution in [2.75, 3.05) is 7.05 Å². The predicted molar refractivity (Wildman–Crippen MR) is 71.3 cm³/mol. The van der Waals surface area contributed by atoms with Gasteiger partial charge in [0.1, 0.15) is 5.82 Å². The summed E-state index contributed by atoms with van der Waals surface area (Å²) in [5, 5.41) is 12.3. The minimum Gasteiger partial charge on any atom is -0.481 e. The molecule has 1 unspecified atom stereocenters. The number of benzene rings is 1. The van der Waals surface area contributed by atoms with Crippen LogP contribution in [-0.4, -0.2) is 18.1 Å². The third-order valence-corrected chi connectivity index (χ3v) is 4.13. The zero-order valence-corrected chi connectivity index (χ0v) is 11.1. The highest BCUT2D eigenvalue weighted by atomic mass is 19.1. The van der Waals surface area contributed by atoms with Crippen LogP contribution in [0.3, 0.4) is 0 Å². The van der Waals surface area contributed by atoms with Crippen LogP contribution in [0.15, 0.2) is 24.3 Å². The van der Waals surface area contributed by atoms with E-state index in [2.05, 4.69) is 5.32 Å². The van der Waals surface area contributed by atoms with Gasteiger partial charge in [-0.15, -0.1) is 0 Å². The number of carbonyl (C=O) groups is 1. The lowest BCUT2D eigenvalue weighted by Crippen LogP contribution is -2.30. The maximum atomic E-state index is 13.0. The summed E-state index contributed by atoms with van der Waals surface area (Å²) in [6.07, 6.45) is 3.28. The molecule has 0 aromatic heterocycles. The van der Waals surface area contributed by atoms with Crippen molar-refractivity contribution in [1.29, 1.82) is 0 Å². The minimum absolute atomic E-state index is 0.176. The van der Waals surface area contributed by atoms with E-state index in [1.807, 2.05) is 7.05 Å². The molecule has 0 heterocycles. The van der Waals surface area contributed by atoms with Crippen LogP contribution in [0.5, 0.6) is 0 Å². The molecule has 3 nitrogen and oxygen atoms in total. The van der Waals surface area contributed by atoms with Gasteiger partial charge in [0.15, 0.2) is 0 Å². The molecule has 1 fully saturated rings. The molecule has 0 amide bonds. The van der Waals surface area contributed by atoms with E-state index in [1.165, 1.54) is 12.1 Å². The maximum Gasteiger partial charge on any atom is 0.306 e. The molecule has 0 saturated heterocycles. The highest BCUT2D eigenvalue weighted by Gasteiger charge is 2.30. The van der Waals surface area contributed by atoms with Crippen molar-refractivity contribution in [2.45, 2.75) is 31.7 Å². The first kappa shape index (κ1) is 14.0. The lowest BCUT2D eigenvalue weighted by Gasteiger charge is -2.32. The Kier molecular flexibility index (Phi) is 4.53. The lowest BCUT2D eigenvalue weighted by molar-refractivity contribution is -0.143. The average Bonchev–Trinajstić information content (AvgIpc) is 2.42. The van der Waals surface area contributed by atoms with Gasteiger partial charge >= 0.3 is 5.97 Å². The Morgan fingerprint density at radius 3 is 2.32 bits per heavy atom. The Hall–Kier alpha value is -1.42. The molecule has 0 spiro atoms. The van der Waals surface area contributed by atoms with Crippen LogP contribution in [0.4, 0.5) is 4.39 Å². The van der Waals surface area contributed by atoms with Gasteiger partial charge in [0.25, 0.3) is 0 Å². The molecule has 0 aliphatic heterocycles. The van der Waals surface area contributed by atoms with Crippen molar-refractivity contribution in [3.63, 3.8) is 0 Å². The molecule has 104 valence electrons. The molecule has 4 heteroatoms. The quantitative estimate of drug-likeness (QED) is 0.880. The molecule has 1 aromatic rings. The van der Waals surface area contributed by atoms with Gasteiger partial charge in [-0.05, 0) is 56.3 Å². The van der Waals surface area contributed by atoms with E-state index in [0.717, 1.165) is 31.2 Å². The topological polar surface area (TPSA) is 49.3 Å². The third kappa shape index (κ3) is 3.32. The van der Waals surface area contributed by atoms with Crippen LogP contribution in [-0.2, 0) is 4.79 Å². The monoisotopic (exact) mass is 265 g/mol. The Morgan fingerprint density at radius 2 is 1.84 bits per heavy atom. The zero-order chi connectivity index (χ0) is 13.8. The first-order valence-corrected chi connectivity index (χ1v) is 6.77. The van der Waals surface area contributed by atoms with E-state index in [4.69, 9.17) is 5.11 Å². The van der Waals surface area contributed by atoms with E-state index in [-0.39, 0.29) is 17.8 Å². The van der Waals surface area contributed by atoms with Crippen molar-refractivity contribution in [2.24, 2.45) is 11.8 Å². The number of hydrogen-bond donors (Lipinski definition) is 2. The first-order valence-electron chi connectivity index (χ1n) is 6.77. The number of carboxylic acid groups (broad SMARTS) is 1. The molecule has 1 atom stereocenters. The van der Waals surface area contributed by atoms with Crippen LogP contribution >= 0.6 is 0 Å². The molecule has 1 aromatic carbocycles. The van der Waals surface area contributed by atoms with Crippen molar-refractivity contribution in [3.05, 3.63) is 35.6 Å². The largest absolute Gasteiger partial charge is 0.481 e. The molecule has 1 aliphatic carbocycles. The molecule has 2 rings (SSSR count). The van der Waals surface area contributed by atoms with Gasteiger partial charge in [-0.2, -0.15) is 0 Å². The molecule has 1 saturated carbocycles. The van der Waals surface area contributed by atoms with Gasteiger partial charge in [-0.1, -0.05) is 12.1 Å². The van der Waals surface area contributed by atoms with Crippen molar-refractivity contribution >= 4 is 5.97 Å². The molecular formula is C15H20FNO2. The van der Waals surface area contributed by atoms with Crippen LogP contribution in [0.1, 0.15) is 37.3 Å². The summed E-state index contributed by atoms with van der Waals surface area (Å²) in [4.78, 5) is 11.0. The standard InChI is InChI=1S/C15H20FNO2/c1-17-14(11-6-8-13(16)9-7-11)10-2-4-12(5-3-10)15(18)19/h6-10,12,14,17H,2-5H2,1H3,(H,18,19). The molecule has 2 N–H and O–H groups in total. The second-order valence-corrected chi connectivity index (χ2v) is 5.27. The molecule has 1 aliphatic rings. The van der Waals surface area contributed by atoms with Crippen LogP contribution in [0, 0.1) is 17.7 Å². The molecule has 0 bridgehead atoms. The Bertz CT molecular complexity index is 424. The number of aliphatic carboxylic acids is 1. The molecular weight excluding hydrogens is 245 g/mol. The number of hydrogen-bond acceptors (Lipinski definition) is 2. The normalized spacial score (nSPS) is 24.9. The van der Waals surface area contributed by atoms with E-state index in [0.29, 0.717) is 5.92 Å². The van der Waals surface area contributed by atoms with Crippen LogP contribution < -0.4 is 5.32 Å². The van der Waals surface area contributed by atoms with Gasteiger partial charge in [-0.25, -0.2) is 4.39 Å². The van der Waals surface area contributed by atoms with E-state index in [1.54, 1.807) is 12.1 Å². The fourth-order valence-corrected chi connectivity index (χ4v) is 3.04. The summed E-state index contributed by atoms with van der Waals surface area (Å²) in [6.45, 7) is 0. The van der Waals surface area contributed by atoms with E-state index in [9.17, 15) is 9.18 Å². The summed E-state index contributed by atoms with van der Waals surface area (Å²) in [5.41, 5.74) is 1.07. The number of nitrogens with one attached hydrogen (secondary N) is 1. The maximum absolute atomic E-state index is 13.0. The Balaban J connectivity index is 2.03. The van der Waals surface area contributed by atoms with E-state index >= 15 is 0 Å². The highest BCUT2D eigenvalue weighted by molar-refractivity contribution is 5.70. The zero-order valence-electron chi connectivity index (χ0n) is 11.1. The number of halogens is 1. The summed E-state index contributed by atoms with van der Waals surface area (Å²) in [6, 6.07) is 6.74. The van der Waals surface area contributed by atoms with Gasteiger partial charge < -0.3 is 10.4 Å². The fraction of sp³-hybridized carbons (Fsp3) is 0.533. The first-order chi connectivity index (χ1) is 9.11. The van der Waals surface area contributed by atoms with Crippen molar-refractivity contribution in [3.8, 4) is 0 Å². The van der Waals surface area contributed by atoms with Crippen molar-refractivity contribution in [1.82, 2.24) is 5.32 Å². The predicted octanol–water partition coefficient (Wildman–Crippen LogP) is 2.98. The number of carboxylic acids is 1. The van der Waals surface area contributed by atoms with Crippen LogP contribution in [0.25, 0.3) is 0 Å². The third-order valence-electron chi connectivity index (χ3n) is 4.13. The summed E-state index contributed by atoms with van der Waals surface area (Å²) >= 11 is 0. The fourth-order valence-electron chi connectivity index (χ4n) is 3.04. The Labute approximate surface area is 112 Å². The average molecular weight is 265 g/mol. The number of rotatable bonds is 4. The smallest absolute Gasteiger partial charge is 0.306 e. The minimum atomic E-state index is -0.679. The van der Waals surface area contributed by atoms with E-state index < -0.39 is 5.97 Å². The Morgan fingerprint density at radius 1 is 1.26 bits per heavy atom. The SMILES string of the molecule is CNC(c1ccc(F)cc1)C1CCC(C(=O)O)CC1. The summed E-state index contributed by atoms with van der Waals surface area (Å²) in [7, 11) is 1.90. The van der Waals surface area contributed by atoms with Gasteiger partial charge in [0.05, 0.1) is 5.92 Å². The van der Waals surface area contributed by atoms with Crippen molar-refractivity contribution < 1.29 is 14.3 Å². The van der Waals surface area contributed by atoms with Crippen LogP contribution in [0.2, 0.25) is 0 Å². The lowest BCUT2D eigenvalue weighted by atomic mass is 9.77. The summed E-state index contributed by atoms with van der Waals surface area (Å²) < 4.78 is 13.0. The second-order valence-electron chi connectivity index (χ2n) is 5.27. The van der Waals surface area contributed by atoms with Gasteiger partial charge in [0, 0.05) is 6.04 Å². The molecule has 0 radical (unpaired) electrons. The van der Waals surface area contributed by atoms with Gasteiger partial charge in [-0.3, -0.25) is 4.79 Å². The molecule has 19 heavy (non-hydrogen) atoms. The summed E-state index contributed by atoms with van der Waals surface area (Å²) in [5.74, 6) is -0.678.